The molecule has 2 aromatic rings. The molecular weight excluding hydrogens is 288 g/mol. The smallest absolute Gasteiger partial charge is 0.338 e. The third-order valence-corrected chi connectivity index (χ3v) is 4.24. The molecule has 0 amide bonds. The second-order valence-electron chi connectivity index (χ2n) is 5.49. The minimum Gasteiger partial charge on any atom is -0.462 e. The third kappa shape index (κ3) is 2.95. The highest BCUT2D eigenvalue weighted by atomic mass is 35.5. The van der Waals surface area contributed by atoms with Gasteiger partial charge in [-0.3, -0.25) is 0 Å². The number of carbonyl (C=O) groups excluding carboxylic acids is 1. The summed E-state index contributed by atoms with van der Waals surface area (Å²) in [6.45, 7) is 4.32. The van der Waals surface area contributed by atoms with Crippen LogP contribution in [-0.4, -0.2) is 22.4 Å². The zero-order valence-electron chi connectivity index (χ0n) is 12.1. The number of halogens is 1. The summed E-state index contributed by atoms with van der Waals surface area (Å²) in [4.78, 5) is 11.9. The van der Waals surface area contributed by atoms with Crippen LogP contribution < -0.4 is 0 Å². The van der Waals surface area contributed by atoms with Crippen molar-refractivity contribution < 1.29 is 9.53 Å². The SMILES string of the molecule is Cc1nn(-c2ccc(C(=O)OCC3CC3)cc2)c(C)c1Cl. The number of nitrogens with zero attached hydrogens (tertiary/aromatic N) is 2. The van der Waals surface area contributed by atoms with Gasteiger partial charge >= 0.3 is 5.97 Å². The first-order chi connectivity index (χ1) is 10.1. The molecule has 3 rings (SSSR count). The van der Waals surface area contributed by atoms with Crippen molar-refractivity contribution >= 4 is 17.6 Å². The summed E-state index contributed by atoms with van der Waals surface area (Å²) in [7, 11) is 0. The molecule has 1 aliphatic rings. The zero-order chi connectivity index (χ0) is 15.0. The molecule has 4 nitrogen and oxygen atoms in total. The molecule has 1 aliphatic carbocycles. The van der Waals surface area contributed by atoms with E-state index in [1.165, 1.54) is 12.8 Å². The fraction of sp³-hybridized carbons (Fsp3) is 0.375. The van der Waals surface area contributed by atoms with Crippen LogP contribution in [0.4, 0.5) is 0 Å². The van der Waals surface area contributed by atoms with Crippen LogP contribution in [0.3, 0.4) is 0 Å². The molecule has 1 saturated carbocycles. The van der Waals surface area contributed by atoms with E-state index >= 15 is 0 Å². The Morgan fingerprint density at radius 3 is 2.52 bits per heavy atom. The number of aryl methyl sites for hydroxylation is 1. The zero-order valence-corrected chi connectivity index (χ0v) is 12.9. The predicted octanol–water partition coefficient (Wildman–Crippen LogP) is 3.71. The maximum Gasteiger partial charge on any atom is 0.338 e. The average Bonchev–Trinajstić information content (AvgIpc) is 3.29. The van der Waals surface area contributed by atoms with Gasteiger partial charge in [0.1, 0.15) is 0 Å². The van der Waals surface area contributed by atoms with Gasteiger partial charge in [0.2, 0.25) is 0 Å². The van der Waals surface area contributed by atoms with Gasteiger partial charge in [-0.25, -0.2) is 9.48 Å². The minimum absolute atomic E-state index is 0.264. The van der Waals surface area contributed by atoms with Gasteiger partial charge in [0.05, 0.1) is 34.3 Å². The molecule has 1 aromatic heterocycles. The molecule has 0 aliphatic heterocycles. The lowest BCUT2D eigenvalue weighted by atomic mass is 10.2. The summed E-state index contributed by atoms with van der Waals surface area (Å²) in [5.74, 6) is 0.310. The van der Waals surface area contributed by atoms with Gasteiger partial charge in [-0.2, -0.15) is 5.10 Å². The van der Waals surface area contributed by atoms with E-state index in [9.17, 15) is 4.79 Å². The molecule has 1 fully saturated rings. The number of hydrogen-bond acceptors (Lipinski definition) is 3. The second-order valence-corrected chi connectivity index (χ2v) is 5.86. The van der Waals surface area contributed by atoms with Crippen molar-refractivity contribution in [3.8, 4) is 5.69 Å². The molecule has 5 heteroatoms. The van der Waals surface area contributed by atoms with Gasteiger partial charge in [-0.05, 0) is 56.9 Å². The molecule has 1 heterocycles. The normalized spacial score (nSPS) is 14.2. The van der Waals surface area contributed by atoms with E-state index in [-0.39, 0.29) is 5.97 Å². The molecule has 1 aromatic carbocycles. The monoisotopic (exact) mass is 304 g/mol. The fourth-order valence-corrected chi connectivity index (χ4v) is 2.29. The van der Waals surface area contributed by atoms with Gasteiger partial charge in [0.15, 0.2) is 0 Å². The van der Waals surface area contributed by atoms with E-state index in [0.29, 0.717) is 23.1 Å². The Kier molecular flexibility index (Phi) is 3.72. The van der Waals surface area contributed by atoms with Crippen LogP contribution in [0.15, 0.2) is 24.3 Å². The van der Waals surface area contributed by atoms with Gasteiger partial charge < -0.3 is 4.74 Å². The topological polar surface area (TPSA) is 44.1 Å². The van der Waals surface area contributed by atoms with Crippen LogP contribution in [-0.2, 0) is 4.74 Å². The van der Waals surface area contributed by atoms with E-state index in [1.54, 1.807) is 16.8 Å². The standard InChI is InChI=1S/C16H17ClN2O2/c1-10-15(17)11(2)19(18-10)14-7-5-13(6-8-14)16(20)21-9-12-3-4-12/h5-8,12H,3-4,9H2,1-2H3. The number of benzene rings is 1. The van der Waals surface area contributed by atoms with Crippen LogP contribution >= 0.6 is 11.6 Å². The molecule has 21 heavy (non-hydrogen) atoms. The largest absolute Gasteiger partial charge is 0.462 e. The number of esters is 1. The third-order valence-electron chi connectivity index (χ3n) is 3.70. The van der Waals surface area contributed by atoms with E-state index in [0.717, 1.165) is 17.1 Å². The highest BCUT2D eigenvalue weighted by Gasteiger charge is 2.23. The highest BCUT2D eigenvalue weighted by molar-refractivity contribution is 6.31. The molecule has 0 spiro atoms. The summed E-state index contributed by atoms with van der Waals surface area (Å²) in [5, 5.41) is 5.06. The van der Waals surface area contributed by atoms with Gasteiger partial charge in [0, 0.05) is 0 Å². The van der Waals surface area contributed by atoms with Gasteiger partial charge in [0.25, 0.3) is 0 Å². The van der Waals surface area contributed by atoms with Crippen molar-refractivity contribution in [1.82, 2.24) is 9.78 Å². The molecular formula is C16H17ClN2O2. The maximum atomic E-state index is 11.9. The molecule has 0 unspecified atom stereocenters. The van der Waals surface area contributed by atoms with Crippen molar-refractivity contribution in [2.75, 3.05) is 6.61 Å². The average molecular weight is 305 g/mol. The van der Waals surface area contributed by atoms with Gasteiger partial charge in [-0.1, -0.05) is 11.6 Å². The number of ether oxygens (including phenoxy) is 1. The molecule has 0 atom stereocenters. The lowest BCUT2D eigenvalue weighted by Crippen LogP contribution is -2.08. The van der Waals surface area contributed by atoms with Crippen LogP contribution in [0, 0.1) is 19.8 Å². The minimum atomic E-state index is -0.264. The van der Waals surface area contributed by atoms with Crippen molar-refractivity contribution in [3.05, 3.63) is 46.2 Å². The Balaban J connectivity index is 1.76. The van der Waals surface area contributed by atoms with Crippen molar-refractivity contribution in [1.29, 1.82) is 0 Å². The fourth-order valence-electron chi connectivity index (χ4n) is 2.18. The van der Waals surface area contributed by atoms with Crippen molar-refractivity contribution in [2.24, 2.45) is 5.92 Å². The Hall–Kier alpha value is -1.81. The summed E-state index contributed by atoms with van der Waals surface area (Å²) < 4.78 is 7.04. The van der Waals surface area contributed by atoms with Crippen LogP contribution in [0.25, 0.3) is 5.69 Å². The number of carbonyl (C=O) groups is 1. The Morgan fingerprint density at radius 2 is 2.00 bits per heavy atom. The highest BCUT2D eigenvalue weighted by Crippen LogP contribution is 2.29. The molecule has 110 valence electrons. The lowest BCUT2D eigenvalue weighted by Gasteiger charge is -2.07. The van der Waals surface area contributed by atoms with Crippen LogP contribution in [0.5, 0.6) is 0 Å². The Morgan fingerprint density at radius 1 is 1.33 bits per heavy atom. The first-order valence-electron chi connectivity index (χ1n) is 7.05. The quantitative estimate of drug-likeness (QED) is 0.809. The maximum absolute atomic E-state index is 11.9. The summed E-state index contributed by atoms with van der Waals surface area (Å²) >= 11 is 6.15. The van der Waals surface area contributed by atoms with Crippen molar-refractivity contribution in [3.63, 3.8) is 0 Å². The van der Waals surface area contributed by atoms with Crippen molar-refractivity contribution in [2.45, 2.75) is 26.7 Å². The lowest BCUT2D eigenvalue weighted by molar-refractivity contribution is 0.0486. The van der Waals surface area contributed by atoms with Crippen LogP contribution in [0.2, 0.25) is 5.02 Å². The Bertz CT molecular complexity index is 672. The van der Waals surface area contributed by atoms with E-state index < -0.39 is 0 Å². The number of aromatic nitrogens is 2. The van der Waals surface area contributed by atoms with E-state index in [2.05, 4.69) is 5.10 Å². The second kappa shape index (κ2) is 5.53. The summed E-state index contributed by atoms with van der Waals surface area (Å²) in [6, 6.07) is 7.22. The van der Waals surface area contributed by atoms with E-state index in [1.807, 2.05) is 26.0 Å². The first-order valence-corrected chi connectivity index (χ1v) is 7.43. The molecule has 0 radical (unpaired) electrons. The number of rotatable bonds is 4. The van der Waals surface area contributed by atoms with Crippen LogP contribution in [0.1, 0.15) is 34.6 Å². The van der Waals surface area contributed by atoms with Gasteiger partial charge in [-0.15, -0.1) is 0 Å². The predicted molar refractivity (Wildman–Crippen MR) is 81.1 cm³/mol. The number of hydrogen-bond donors (Lipinski definition) is 0. The molecule has 0 N–H and O–H groups in total. The molecule has 0 saturated heterocycles. The first kappa shape index (κ1) is 14.1. The molecule has 0 bridgehead atoms. The Labute approximate surface area is 128 Å². The van der Waals surface area contributed by atoms with E-state index in [4.69, 9.17) is 16.3 Å². The summed E-state index contributed by atoms with van der Waals surface area (Å²) in [6.07, 6.45) is 2.34. The summed E-state index contributed by atoms with van der Waals surface area (Å²) in [5.41, 5.74) is 3.12.